The van der Waals surface area contributed by atoms with E-state index in [9.17, 15) is 13.2 Å². The number of halogens is 3. The number of rotatable bonds is 4. The van der Waals surface area contributed by atoms with Crippen molar-refractivity contribution in [1.82, 2.24) is 4.31 Å². The van der Waals surface area contributed by atoms with Crippen molar-refractivity contribution in [2.24, 2.45) is 0 Å². The molecule has 0 saturated carbocycles. The summed E-state index contributed by atoms with van der Waals surface area (Å²) >= 11 is 16.6. The number of amides is 1. The van der Waals surface area contributed by atoms with E-state index >= 15 is 0 Å². The first kappa shape index (κ1) is 18.3. The third-order valence-electron chi connectivity index (χ3n) is 2.73. The van der Waals surface area contributed by atoms with Crippen LogP contribution in [0.3, 0.4) is 0 Å². The lowest BCUT2D eigenvalue weighted by atomic mass is 10.2. The van der Waals surface area contributed by atoms with Gasteiger partial charge in [0.25, 0.3) is 19.7 Å². The van der Waals surface area contributed by atoms with Crippen LogP contribution in [0.15, 0.2) is 41.8 Å². The second-order valence-corrected chi connectivity index (χ2v) is 8.49. The Labute approximate surface area is 139 Å². The molecule has 116 valence electrons. The fourth-order valence-electron chi connectivity index (χ4n) is 1.56. The zero-order chi connectivity index (χ0) is 16.4. The first-order chi connectivity index (χ1) is 9.51. The number of sulfonamides is 1. The van der Waals surface area contributed by atoms with Crippen LogP contribution in [0.2, 0.25) is 0 Å². The van der Waals surface area contributed by atoms with Crippen LogP contribution < -0.4 is 0 Å². The van der Waals surface area contributed by atoms with Gasteiger partial charge in [-0.3, -0.25) is 4.79 Å². The monoisotopic (exact) mass is 369 g/mol. The first-order valence-electron chi connectivity index (χ1n) is 5.86. The maximum absolute atomic E-state index is 12.6. The summed E-state index contributed by atoms with van der Waals surface area (Å²) in [6.07, 6.45) is 1.28. The van der Waals surface area contributed by atoms with E-state index in [1.165, 1.54) is 25.1 Å². The van der Waals surface area contributed by atoms with Crippen LogP contribution in [0.25, 0.3) is 0 Å². The van der Waals surface area contributed by atoms with Gasteiger partial charge in [-0.25, -0.2) is 12.7 Å². The van der Waals surface area contributed by atoms with E-state index in [1.807, 2.05) is 6.92 Å². The van der Waals surface area contributed by atoms with Crippen LogP contribution in [-0.4, -0.2) is 28.5 Å². The highest BCUT2D eigenvalue weighted by Gasteiger charge is 2.43. The number of hydrogen-bond acceptors (Lipinski definition) is 3. The second-order valence-electron chi connectivity index (χ2n) is 4.39. The molecule has 1 rings (SSSR count). The van der Waals surface area contributed by atoms with Crippen molar-refractivity contribution in [2.45, 2.75) is 28.6 Å². The van der Waals surface area contributed by atoms with Crippen molar-refractivity contribution in [3.63, 3.8) is 0 Å². The van der Waals surface area contributed by atoms with Crippen molar-refractivity contribution in [3.05, 3.63) is 42.5 Å². The van der Waals surface area contributed by atoms with E-state index in [1.54, 1.807) is 12.1 Å². The van der Waals surface area contributed by atoms with Gasteiger partial charge in [0.2, 0.25) is 0 Å². The van der Waals surface area contributed by atoms with Crippen molar-refractivity contribution < 1.29 is 13.2 Å². The Morgan fingerprint density at radius 3 is 2.14 bits per heavy atom. The molecule has 0 saturated heterocycles. The number of carbonyl (C=O) groups is 1. The highest BCUT2D eigenvalue weighted by atomic mass is 35.6. The Hall–Kier alpha value is -0.750. The van der Waals surface area contributed by atoms with Crippen molar-refractivity contribution >= 4 is 50.7 Å². The van der Waals surface area contributed by atoms with E-state index in [-0.39, 0.29) is 4.90 Å². The molecular weight excluding hydrogens is 357 g/mol. The molecular formula is C13H14Cl3NO3S. The quantitative estimate of drug-likeness (QED) is 0.602. The molecule has 0 bridgehead atoms. The van der Waals surface area contributed by atoms with E-state index in [2.05, 4.69) is 6.58 Å². The lowest BCUT2D eigenvalue weighted by Gasteiger charge is -2.29. The summed E-state index contributed by atoms with van der Waals surface area (Å²) in [7, 11) is -4.15. The Morgan fingerprint density at radius 1 is 1.29 bits per heavy atom. The molecule has 0 N–H and O–H groups in total. The maximum Gasteiger partial charge on any atom is 0.288 e. The molecule has 8 heteroatoms. The topological polar surface area (TPSA) is 54.5 Å². The molecule has 0 spiro atoms. The highest BCUT2D eigenvalue weighted by molar-refractivity contribution is 7.89. The van der Waals surface area contributed by atoms with Gasteiger partial charge < -0.3 is 0 Å². The standard InChI is InChI=1S/C13H14Cl3NO3S/c1-4-10(3)17(12(18)13(14,15)16)21(19,20)11-7-5-9(2)6-8-11/h4-8,10H,1H2,2-3H3. The van der Waals surface area contributed by atoms with Crippen molar-refractivity contribution in [1.29, 1.82) is 0 Å². The van der Waals surface area contributed by atoms with Gasteiger partial charge in [0.05, 0.1) is 10.9 Å². The van der Waals surface area contributed by atoms with Crippen LogP contribution in [0, 0.1) is 6.92 Å². The van der Waals surface area contributed by atoms with Gasteiger partial charge in [-0.05, 0) is 26.0 Å². The third kappa shape index (κ3) is 4.13. The van der Waals surface area contributed by atoms with Gasteiger partial charge >= 0.3 is 0 Å². The summed E-state index contributed by atoms with van der Waals surface area (Å²) in [4.78, 5) is 12.1. The van der Waals surface area contributed by atoms with Gasteiger partial charge in [-0.2, -0.15) is 0 Å². The van der Waals surface area contributed by atoms with Crippen LogP contribution >= 0.6 is 34.8 Å². The van der Waals surface area contributed by atoms with Crippen LogP contribution in [0.1, 0.15) is 12.5 Å². The second kappa shape index (κ2) is 6.57. The first-order valence-corrected chi connectivity index (χ1v) is 8.44. The fourth-order valence-corrected chi connectivity index (χ4v) is 3.57. The fraction of sp³-hybridized carbons (Fsp3) is 0.308. The summed E-state index contributed by atoms with van der Waals surface area (Å²) in [5.41, 5.74) is 0.880. The predicted molar refractivity (Wildman–Crippen MR) is 85.2 cm³/mol. The van der Waals surface area contributed by atoms with E-state index in [4.69, 9.17) is 34.8 Å². The van der Waals surface area contributed by atoms with Gasteiger partial charge in [0.15, 0.2) is 0 Å². The molecule has 21 heavy (non-hydrogen) atoms. The third-order valence-corrected chi connectivity index (χ3v) is 5.10. The number of benzene rings is 1. The van der Waals surface area contributed by atoms with Crippen molar-refractivity contribution in [2.75, 3.05) is 0 Å². The summed E-state index contributed by atoms with van der Waals surface area (Å²) < 4.78 is 23.4. The van der Waals surface area contributed by atoms with Crippen molar-refractivity contribution in [3.8, 4) is 0 Å². The van der Waals surface area contributed by atoms with Crippen LogP contribution in [0.5, 0.6) is 0 Å². The Morgan fingerprint density at radius 2 is 1.76 bits per heavy atom. The molecule has 0 radical (unpaired) electrons. The zero-order valence-corrected chi connectivity index (χ0v) is 14.5. The summed E-state index contributed by atoms with van der Waals surface area (Å²) in [6.45, 7) is 6.76. The van der Waals surface area contributed by atoms with Gasteiger partial charge in [-0.1, -0.05) is 58.6 Å². The molecule has 0 aliphatic carbocycles. The lowest BCUT2D eigenvalue weighted by molar-refractivity contribution is -0.126. The molecule has 1 atom stereocenters. The minimum absolute atomic E-state index is 0.0654. The molecule has 0 heterocycles. The molecule has 1 unspecified atom stereocenters. The van der Waals surface area contributed by atoms with E-state index in [0.717, 1.165) is 5.56 Å². The SMILES string of the molecule is C=CC(C)N(C(=O)C(Cl)(Cl)Cl)S(=O)(=O)c1ccc(C)cc1. The summed E-state index contributed by atoms with van der Waals surface area (Å²) in [5.74, 6) is -1.15. The average molecular weight is 371 g/mol. The number of carbonyl (C=O) groups excluding carboxylic acids is 1. The molecule has 0 aliphatic heterocycles. The number of alkyl halides is 3. The number of aryl methyl sites for hydroxylation is 1. The molecule has 0 fully saturated rings. The number of hydrogen-bond donors (Lipinski definition) is 0. The molecule has 1 aromatic carbocycles. The Bertz CT molecular complexity index is 636. The van der Waals surface area contributed by atoms with Crippen LogP contribution in [0.4, 0.5) is 0 Å². The van der Waals surface area contributed by atoms with E-state index in [0.29, 0.717) is 4.31 Å². The smallest absolute Gasteiger partial charge is 0.269 e. The molecule has 1 aromatic rings. The molecule has 1 amide bonds. The van der Waals surface area contributed by atoms with Gasteiger partial charge in [-0.15, -0.1) is 6.58 Å². The normalized spacial score (nSPS) is 13.6. The molecule has 4 nitrogen and oxygen atoms in total. The highest BCUT2D eigenvalue weighted by Crippen LogP contribution is 2.32. The maximum atomic E-state index is 12.6. The minimum atomic E-state index is -4.15. The Balaban J connectivity index is 3.41. The van der Waals surface area contributed by atoms with Gasteiger partial charge in [0, 0.05) is 0 Å². The Kier molecular flexibility index (Phi) is 5.72. The lowest BCUT2D eigenvalue weighted by Crippen LogP contribution is -2.47. The zero-order valence-electron chi connectivity index (χ0n) is 11.4. The molecule has 0 aliphatic rings. The summed E-state index contributed by atoms with van der Waals surface area (Å²) in [5, 5.41) is 0. The average Bonchev–Trinajstić information content (AvgIpc) is 2.37. The number of nitrogens with zero attached hydrogens (tertiary/aromatic N) is 1. The van der Waals surface area contributed by atoms with Crippen LogP contribution in [-0.2, 0) is 14.8 Å². The largest absolute Gasteiger partial charge is 0.288 e. The summed E-state index contributed by atoms with van der Waals surface area (Å²) in [6, 6.07) is 5.14. The van der Waals surface area contributed by atoms with E-state index < -0.39 is 25.8 Å². The predicted octanol–water partition coefficient (Wildman–Crippen LogP) is 3.46. The van der Waals surface area contributed by atoms with Gasteiger partial charge in [0.1, 0.15) is 0 Å². The molecule has 0 aromatic heterocycles. The minimum Gasteiger partial charge on any atom is -0.269 e.